The first-order valence-electron chi connectivity index (χ1n) is 4.39. The highest BCUT2D eigenvalue weighted by atomic mass is 16.5. The maximum Gasteiger partial charge on any atom is 0.340 e. The molecule has 0 saturated carbocycles. The smallest absolute Gasteiger partial charge is 0.340 e. The molecule has 0 fully saturated rings. The van der Waals surface area contributed by atoms with E-state index in [1.165, 1.54) is 11.7 Å². The molecule has 0 aliphatic carbocycles. The van der Waals surface area contributed by atoms with Crippen LogP contribution in [0.1, 0.15) is 21.6 Å². The van der Waals surface area contributed by atoms with E-state index in [2.05, 4.69) is 0 Å². The molecule has 0 aliphatic heterocycles. The number of methoxy groups -OCH3 is 1. The summed E-state index contributed by atoms with van der Waals surface area (Å²) in [6.45, 7) is 3.35. The van der Waals surface area contributed by atoms with Crippen molar-refractivity contribution < 1.29 is 14.6 Å². The third-order valence-electron chi connectivity index (χ3n) is 2.56. The number of hydrogen-bond donors (Lipinski definition) is 1. The Balaban J connectivity index is 3.78. The zero-order valence-electron chi connectivity index (χ0n) is 9.12. The predicted octanol–water partition coefficient (Wildman–Crippen LogP) is 0.709. The Morgan fingerprint density at radius 2 is 1.93 bits per heavy atom. The molecule has 0 spiro atoms. The zero-order valence-corrected chi connectivity index (χ0v) is 9.12. The van der Waals surface area contributed by atoms with Crippen LogP contribution >= 0.6 is 0 Å². The summed E-state index contributed by atoms with van der Waals surface area (Å²) in [5.41, 5.74) is 0.677. The van der Waals surface area contributed by atoms with Gasteiger partial charge in [0.25, 0.3) is 5.56 Å². The van der Waals surface area contributed by atoms with E-state index in [0.717, 1.165) is 0 Å². The number of rotatable bonds is 2. The van der Waals surface area contributed by atoms with Gasteiger partial charge in [0.15, 0.2) is 5.75 Å². The average Bonchev–Trinajstić information content (AvgIpc) is 2.19. The number of aromatic carboxylic acids is 1. The van der Waals surface area contributed by atoms with Gasteiger partial charge in [0, 0.05) is 12.7 Å². The number of hydrogen-bond acceptors (Lipinski definition) is 3. The van der Waals surface area contributed by atoms with Gasteiger partial charge in [-0.25, -0.2) is 4.79 Å². The second-order valence-corrected chi connectivity index (χ2v) is 3.29. The molecule has 5 heteroatoms. The van der Waals surface area contributed by atoms with Gasteiger partial charge in [-0.15, -0.1) is 0 Å². The van der Waals surface area contributed by atoms with Crippen LogP contribution in [0.2, 0.25) is 0 Å². The van der Waals surface area contributed by atoms with E-state index in [1.54, 1.807) is 20.9 Å². The topological polar surface area (TPSA) is 68.5 Å². The molecule has 82 valence electrons. The molecule has 0 unspecified atom stereocenters. The molecule has 1 aromatic rings. The normalized spacial score (nSPS) is 10.1. The summed E-state index contributed by atoms with van der Waals surface area (Å²) in [7, 11) is 2.87. The van der Waals surface area contributed by atoms with Gasteiger partial charge >= 0.3 is 5.97 Å². The Kier molecular flexibility index (Phi) is 2.83. The monoisotopic (exact) mass is 211 g/mol. The van der Waals surface area contributed by atoms with Crippen molar-refractivity contribution in [1.82, 2.24) is 4.57 Å². The van der Waals surface area contributed by atoms with Gasteiger partial charge in [0.05, 0.1) is 7.11 Å². The quantitative estimate of drug-likeness (QED) is 0.782. The second kappa shape index (κ2) is 3.76. The minimum absolute atomic E-state index is 0.0573. The lowest BCUT2D eigenvalue weighted by molar-refractivity contribution is 0.0691. The molecule has 1 rings (SSSR count). The molecule has 0 bridgehead atoms. The highest BCUT2D eigenvalue weighted by Gasteiger charge is 2.21. The Labute approximate surface area is 86.9 Å². The van der Waals surface area contributed by atoms with E-state index < -0.39 is 11.5 Å². The summed E-state index contributed by atoms with van der Waals surface area (Å²) in [4.78, 5) is 22.7. The molecule has 0 aromatic carbocycles. The van der Waals surface area contributed by atoms with Crippen molar-refractivity contribution in [3.8, 4) is 5.75 Å². The van der Waals surface area contributed by atoms with Crippen LogP contribution in [0.4, 0.5) is 0 Å². The number of pyridine rings is 1. The SMILES string of the molecule is COc1c(C(=O)O)c(C)c(C)n(C)c1=O. The van der Waals surface area contributed by atoms with Gasteiger partial charge in [-0.05, 0) is 19.4 Å². The summed E-state index contributed by atoms with van der Waals surface area (Å²) in [6.07, 6.45) is 0. The summed E-state index contributed by atoms with van der Waals surface area (Å²) in [6, 6.07) is 0. The highest BCUT2D eigenvalue weighted by Crippen LogP contribution is 2.19. The number of carbonyl (C=O) groups is 1. The van der Waals surface area contributed by atoms with Crippen LogP contribution in [0.25, 0.3) is 0 Å². The average molecular weight is 211 g/mol. The second-order valence-electron chi connectivity index (χ2n) is 3.29. The molecule has 1 N–H and O–H groups in total. The first-order chi connectivity index (χ1) is 6.91. The fraction of sp³-hybridized carbons (Fsp3) is 0.400. The zero-order chi connectivity index (χ0) is 11.7. The van der Waals surface area contributed by atoms with Crippen LogP contribution in [0.5, 0.6) is 5.75 Å². The van der Waals surface area contributed by atoms with Crippen molar-refractivity contribution in [2.24, 2.45) is 7.05 Å². The maximum absolute atomic E-state index is 11.7. The first kappa shape index (κ1) is 11.3. The van der Waals surface area contributed by atoms with E-state index in [9.17, 15) is 9.59 Å². The van der Waals surface area contributed by atoms with Gasteiger partial charge in [-0.1, -0.05) is 0 Å². The van der Waals surface area contributed by atoms with Crippen molar-refractivity contribution in [2.75, 3.05) is 7.11 Å². The summed E-state index contributed by atoms with van der Waals surface area (Å²) in [5, 5.41) is 8.99. The standard InChI is InChI=1S/C10H13NO4/c1-5-6(2)11(3)9(12)8(15-4)7(5)10(13)14/h1-4H3,(H,13,14). The van der Waals surface area contributed by atoms with E-state index in [1.807, 2.05) is 0 Å². The van der Waals surface area contributed by atoms with Gasteiger partial charge in [-0.2, -0.15) is 0 Å². The number of aromatic nitrogens is 1. The number of ether oxygens (including phenoxy) is 1. The molecule has 0 radical (unpaired) electrons. The van der Waals surface area contributed by atoms with Crippen LogP contribution in [-0.4, -0.2) is 22.8 Å². The highest BCUT2D eigenvalue weighted by molar-refractivity contribution is 5.92. The van der Waals surface area contributed by atoms with Gasteiger partial charge in [0.2, 0.25) is 0 Å². The fourth-order valence-corrected chi connectivity index (χ4v) is 1.46. The molecule has 0 saturated heterocycles. The lowest BCUT2D eigenvalue weighted by Crippen LogP contribution is -2.25. The van der Waals surface area contributed by atoms with E-state index in [0.29, 0.717) is 11.3 Å². The van der Waals surface area contributed by atoms with Crippen molar-refractivity contribution in [3.05, 3.63) is 27.2 Å². The molecular weight excluding hydrogens is 198 g/mol. The largest absolute Gasteiger partial charge is 0.490 e. The molecular formula is C10H13NO4. The summed E-state index contributed by atoms with van der Waals surface area (Å²) >= 11 is 0. The van der Waals surface area contributed by atoms with Crippen molar-refractivity contribution in [3.63, 3.8) is 0 Å². The third kappa shape index (κ3) is 1.60. The Hall–Kier alpha value is -1.78. The Morgan fingerprint density at radius 1 is 1.40 bits per heavy atom. The predicted molar refractivity (Wildman–Crippen MR) is 54.7 cm³/mol. The molecule has 0 aliphatic rings. The van der Waals surface area contributed by atoms with Crippen molar-refractivity contribution in [2.45, 2.75) is 13.8 Å². The van der Waals surface area contributed by atoms with Gasteiger partial charge < -0.3 is 14.4 Å². The van der Waals surface area contributed by atoms with Crippen LogP contribution in [0.3, 0.4) is 0 Å². The summed E-state index contributed by atoms with van der Waals surface area (Å²) in [5.74, 6) is -1.27. The van der Waals surface area contributed by atoms with Gasteiger partial charge in [-0.3, -0.25) is 4.79 Å². The molecule has 1 aromatic heterocycles. The van der Waals surface area contributed by atoms with Crippen LogP contribution < -0.4 is 10.3 Å². The third-order valence-corrected chi connectivity index (χ3v) is 2.56. The van der Waals surface area contributed by atoms with E-state index >= 15 is 0 Å². The summed E-state index contributed by atoms with van der Waals surface area (Å²) < 4.78 is 6.22. The lowest BCUT2D eigenvalue weighted by atomic mass is 10.1. The molecule has 15 heavy (non-hydrogen) atoms. The van der Waals surface area contributed by atoms with E-state index in [4.69, 9.17) is 9.84 Å². The van der Waals surface area contributed by atoms with Crippen molar-refractivity contribution >= 4 is 5.97 Å². The molecule has 1 heterocycles. The molecule has 0 atom stereocenters. The Morgan fingerprint density at radius 3 is 2.33 bits per heavy atom. The number of carboxylic acids is 1. The minimum atomic E-state index is -1.15. The van der Waals surface area contributed by atoms with Gasteiger partial charge in [0.1, 0.15) is 5.56 Å². The fourth-order valence-electron chi connectivity index (χ4n) is 1.46. The van der Waals surface area contributed by atoms with E-state index in [-0.39, 0.29) is 11.3 Å². The van der Waals surface area contributed by atoms with Crippen LogP contribution in [-0.2, 0) is 7.05 Å². The Bertz CT molecular complexity index is 473. The van der Waals surface area contributed by atoms with Crippen LogP contribution in [0, 0.1) is 13.8 Å². The minimum Gasteiger partial charge on any atom is -0.490 e. The number of carboxylic acid groups (broad SMARTS) is 1. The first-order valence-corrected chi connectivity index (χ1v) is 4.39. The molecule has 5 nitrogen and oxygen atoms in total. The maximum atomic E-state index is 11.7. The lowest BCUT2D eigenvalue weighted by Gasteiger charge is -2.13. The number of nitrogens with zero attached hydrogens (tertiary/aromatic N) is 1. The van der Waals surface area contributed by atoms with Crippen molar-refractivity contribution in [1.29, 1.82) is 0 Å². The molecule has 0 amide bonds. The van der Waals surface area contributed by atoms with Crippen LogP contribution in [0.15, 0.2) is 4.79 Å².